The maximum Gasteiger partial charge on any atom is 0.281 e. The summed E-state index contributed by atoms with van der Waals surface area (Å²) in [5.41, 5.74) is 0. The van der Waals surface area contributed by atoms with Gasteiger partial charge in [0.2, 0.25) is 0 Å². The van der Waals surface area contributed by atoms with E-state index in [9.17, 15) is 8.42 Å². The molecule has 0 saturated heterocycles. The Hall–Kier alpha value is -0.170. The number of hydrogen-bond donors (Lipinski definition) is 1. The Morgan fingerprint density at radius 3 is 2.25 bits per heavy atom. The quantitative estimate of drug-likeness (QED) is 0.625. The molecule has 1 aliphatic rings. The van der Waals surface area contributed by atoms with Crippen molar-refractivity contribution in [3.63, 3.8) is 0 Å². The van der Waals surface area contributed by atoms with Crippen LogP contribution in [0.15, 0.2) is 0 Å². The summed E-state index contributed by atoms with van der Waals surface area (Å²) in [6.45, 7) is 10.4. The molecule has 0 heterocycles. The van der Waals surface area contributed by atoms with Crippen molar-refractivity contribution in [2.24, 2.45) is 5.92 Å². The van der Waals surface area contributed by atoms with E-state index >= 15 is 0 Å². The molecule has 0 radical (unpaired) electrons. The molecule has 6 heteroatoms. The van der Waals surface area contributed by atoms with Gasteiger partial charge >= 0.3 is 0 Å². The van der Waals surface area contributed by atoms with Crippen molar-refractivity contribution in [3.05, 3.63) is 0 Å². The van der Waals surface area contributed by atoms with Crippen LogP contribution in [0.3, 0.4) is 0 Å². The third kappa shape index (κ3) is 5.68. The lowest BCUT2D eigenvalue weighted by atomic mass is 10.2. The van der Waals surface area contributed by atoms with Crippen LogP contribution in [0.2, 0.25) is 0 Å². The molecule has 0 unspecified atom stereocenters. The lowest BCUT2D eigenvalue weighted by molar-refractivity contribution is 0.322. The highest BCUT2D eigenvalue weighted by Gasteiger charge is 2.39. The van der Waals surface area contributed by atoms with Gasteiger partial charge in [0.1, 0.15) is 0 Å². The SMILES string of the molecule is CC(C)CN(C1CC1)S(=O)(=O)N(C)CCCNC(C)C. The van der Waals surface area contributed by atoms with Crippen LogP contribution >= 0.6 is 0 Å². The number of nitrogens with zero attached hydrogens (tertiary/aromatic N) is 2. The first-order valence-electron chi connectivity index (χ1n) is 7.71. The fraction of sp³-hybridized carbons (Fsp3) is 1.00. The molecule has 0 bridgehead atoms. The topological polar surface area (TPSA) is 52.7 Å². The highest BCUT2D eigenvalue weighted by atomic mass is 32.2. The van der Waals surface area contributed by atoms with Gasteiger partial charge in [-0.15, -0.1) is 0 Å². The summed E-state index contributed by atoms with van der Waals surface area (Å²) in [5.74, 6) is 0.362. The van der Waals surface area contributed by atoms with Crippen LogP contribution in [0.4, 0.5) is 0 Å². The van der Waals surface area contributed by atoms with E-state index in [0.717, 1.165) is 25.8 Å². The predicted molar refractivity (Wildman–Crippen MR) is 83.9 cm³/mol. The van der Waals surface area contributed by atoms with E-state index in [-0.39, 0.29) is 6.04 Å². The van der Waals surface area contributed by atoms with E-state index in [0.29, 0.717) is 25.0 Å². The van der Waals surface area contributed by atoms with E-state index in [1.807, 2.05) is 0 Å². The Morgan fingerprint density at radius 2 is 1.80 bits per heavy atom. The molecule has 0 aromatic heterocycles. The Bertz CT molecular complexity index is 378. The Kier molecular flexibility index (Phi) is 6.91. The smallest absolute Gasteiger partial charge is 0.281 e. The van der Waals surface area contributed by atoms with Crippen LogP contribution in [0.25, 0.3) is 0 Å². The Morgan fingerprint density at radius 1 is 1.20 bits per heavy atom. The fourth-order valence-electron chi connectivity index (χ4n) is 2.14. The van der Waals surface area contributed by atoms with Gasteiger partial charge in [-0.05, 0) is 31.7 Å². The zero-order valence-electron chi connectivity index (χ0n) is 13.6. The number of hydrogen-bond acceptors (Lipinski definition) is 3. The molecule has 0 aliphatic heterocycles. The van der Waals surface area contributed by atoms with Gasteiger partial charge in [0, 0.05) is 32.2 Å². The minimum atomic E-state index is -3.29. The molecule has 1 aliphatic carbocycles. The van der Waals surface area contributed by atoms with Gasteiger partial charge in [0.15, 0.2) is 0 Å². The van der Waals surface area contributed by atoms with Gasteiger partial charge in [0.05, 0.1) is 0 Å². The van der Waals surface area contributed by atoms with Gasteiger partial charge < -0.3 is 5.32 Å². The lowest BCUT2D eigenvalue weighted by Gasteiger charge is -2.28. The summed E-state index contributed by atoms with van der Waals surface area (Å²) in [6, 6.07) is 0.680. The van der Waals surface area contributed by atoms with Gasteiger partial charge in [-0.1, -0.05) is 27.7 Å². The van der Waals surface area contributed by atoms with Gasteiger partial charge in [-0.2, -0.15) is 17.0 Å². The first-order chi connectivity index (χ1) is 9.25. The van der Waals surface area contributed by atoms with Crippen molar-refractivity contribution < 1.29 is 8.42 Å². The first kappa shape index (κ1) is 17.9. The zero-order valence-corrected chi connectivity index (χ0v) is 14.4. The fourth-order valence-corrected chi connectivity index (χ4v) is 3.93. The van der Waals surface area contributed by atoms with E-state index < -0.39 is 10.2 Å². The van der Waals surface area contributed by atoms with Crippen molar-refractivity contribution in [1.29, 1.82) is 0 Å². The second kappa shape index (κ2) is 7.73. The minimum absolute atomic E-state index is 0.235. The van der Waals surface area contributed by atoms with Crippen molar-refractivity contribution in [2.45, 2.75) is 59.0 Å². The molecule has 120 valence electrons. The van der Waals surface area contributed by atoms with Crippen molar-refractivity contribution in [1.82, 2.24) is 13.9 Å². The summed E-state index contributed by atoms with van der Waals surface area (Å²) in [6.07, 6.45) is 2.86. The van der Waals surface area contributed by atoms with Crippen molar-refractivity contribution in [2.75, 3.05) is 26.7 Å². The molecule has 0 aromatic rings. The molecule has 20 heavy (non-hydrogen) atoms. The van der Waals surface area contributed by atoms with Gasteiger partial charge in [-0.25, -0.2) is 0 Å². The average Bonchev–Trinajstić information content (AvgIpc) is 3.14. The third-order valence-electron chi connectivity index (χ3n) is 3.39. The van der Waals surface area contributed by atoms with Crippen molar-refractivity contribution in [3.8, 4) is 0 Å². The third-order valence-corrected chi connectivity index (χ3v) is 5.40. The predicted octanol–water partition coefficient (Wildman–Crippen LogP) is 1.67. The molecule has 1 fully saturated rings. The number of nitrogens with one attached hydrogen (secondary N) is 1. The summed E-state index contributed by atoms with van der Waals surface area (Å²) in [4.78, 5) is 0. The van der Waals surface area contributed by atoms with Crippen LogP contribution in [0.1, 0.15) is 47.0 Å². The van der Waals surface area contributed by atoms with E-state index in [1.54, 1.807) is 11.4 Å². The van der Waals surface area contributed by atoms with E-state index in [2.05, 4.69) is 33.0 Å². The summed E-state index contributed by atoms with van der Waals surface area (Å²) >= 11 is 0. The standard InChI is InChI=1S/C14H31N3O2S/c1-12(2)11-17(14-7-8-14)20(18,19)16(5)10-6-9-15-13(3)4/h12-15H,6-11H2,1-5H3. The summed E-state index contributed by atoms with van der Waals surface area (Å²) in [5, 5.41) is 3.31. The highest BCUT2D eigenvalue weighted by Crippen LogP contribution is 2.30. The molecule has 0 amide bonds. The molecule has 1 saturated carbocycles. The van der Waals surface area contributed by atoms with Crippen LogP contribution in [-0.2, 0) is 10.2 Å². The normalized spacial score (nSPS) is 16.9. The van der Waals surface area contributed by atoms with Crippen LogP contribution < -0.4 is 5.32 Å². The lowest BCUT2D eigenvalue weighted by Crippen LogP contribution is -2.45. The van der Waals surface area contributed by atoms with Crippen LogP contribution in [0, 0.1) is 5.92 Å². The summed E-state index contributed by atoms with van der Waals surface area (Å²) in [7, 11) is -1.60. The minimum Gasteiger partial charge on any atom is -0.314 e. The molecule has 0 spiro atoms. The average molecular weight is 305 g/mol. The second-order valence-corrected chi connectivity index (χ2v) is 8.47. The van der Waals surface area contributed by atoms with E-state index in [4.69, 9.17) is 0 Å². The molecule has 0 aromatic carbocycles. The second-order valence-electron chi connectivity index (χ2n) is 6.49. The van der Waals surface area contributed by atoms with Crippen LogP contribution in [0.5, 0.6) is 0 Å². The largest absolute Gasteiger partial charge is 0.314 e. The van der Waals surface area contributed by atoms with Gasteiger partial charge in [-0.3, -0.25) is 0 Å². The maximum atomic E-state index is 12.6. The maximum absolute atomic E-state index is 12.6. The van der Waals surface area contributed by atoms with Crippen molar-refractivity contribution >= 4 is 10.2 Å². The molecule has 1 rings (SSSR count). The van der Waals surface area contributed by atoms with E-state index in [1.165, 1.54) is 4.31 Å². The molecule has 5 nitrogen and oxygen atoms in total. The molecule has 1 N–H and O–H groups in total. The Labute approximate surface area is 124 Å². The van der Waals surface area contributed by atoms with Crippen LogP contribution in [-0.4, -0.2) is 55.8 Å². The summed E-state index contributed by atoms with van der Waals surface area (Å²) < 4.78 is 28.4. The monoisotopic (exact) mass is 305 g/mol. The Balaban J connectivity index is 2.51. The number of rotatable bonds is 10. The highest BCUT2D eigenvalue weighted by molar-refractivity contribution is 7.86. The first-order valence-corrected chi connectivity index (χ1v) is 9.11. The molecule has 0 atom stereocenters. The van der Waals surface area contributed by atoms with Gasteiger partial charge in [0.25, 0.3) is 10.2 Å². The molecular weight excluding hydrogens is 274 g/mol. The zero-order chi connectivity index (χ0) is 15.3. The molecular formula is C14H31N3O2S.